The fourth-order valence-electron chi connectivity index (χ4n) is 7.07. The lowest BCUT2D eigenvalue weighted by Crippen LogP contribution is -2.66. The Labute approximate surface area is 289 Å². The maximum Gasteiger partial charge on any atom is 0.269 e. The summed E-state index contributed by atoms with van der Waals surface area (Å²) < 4.78 is 12.9. The summed E-state index contributed by atoms with van der Waals surface area (Å²) >= 11 is 0. The topological polar surface area (TPSA) is 107 Å². The van der Waals surface area contributed by atoms with Gasteiger partial charge in [0.15, 0.2) is 0 Å². The summed E-state index contributed by atoms with van der Waals surface area (Å²) in [6.07, 6.45) is 9.50. The molecule has 2 aromatic carbocycles. The number of nitrogens with one attached hydrogen (secondary N) is 3. The van der Waals surface area contributed by atoms with Gasteiger partial charge in [-0.1, -0.05) is 24.3 Å². The number of piperazine rings is 1. The highest BCUT2D eigenvalue weighted by Gasteiger charge is 2.37. The third kappa shape index (κ3) is 9.44. The fraction of sp³-hybridized carbons (Fsp3) is 0.487. The predicted octanol–water partition coefficient (Wildman–Crippen LogP) is 6.00. The highest BCUT2D eigenvalue weighted by atomic mass is 19.1. The Balaban J connectivity index is 0.000000244. The van der Waals surface area contributed by atoms with Crippen molar-refractivity contribution in [2.75, 3.05) is 31.1 Å². The molecular weight excluding hydrogens is 619 g/mol. The highest BCUT2D eigenvalue weighted by Crippen LogP contribution is 2.34. The van der Waals surface area contributed by atoms with E-state index in [9.17, 15) is 18.8 Å². The summed E-state index contributed by atoms with van der Waals surface area (Å²) in [7, 11) is 0. The van der Waals surface area contributed by atoms with Crippen LogP contribution < -0.4 is 20.9 Å². The van der Waals surface area contributed by atoms with Crippen molar-refractivity contribution in [3.05, 3.63) is 77.2 Å². The van der Waals surface area contributed by atoms with E-state index in [-0.39, 0.29) is 40.8 Å². The van der Waals surface area contributed by atoms with Gasteiger partial charge in [0.05, 0.1) is 11.6 Å². The summed E-state index contributed by atoms with van der Waals surface area (Å²) in [6, 6.07) is 13.7. The van der Waals surface area contributed by atoms with E-state index < -0.39 is 0 Å². The molecule has 2 atom stereocenters. The molecule has 6 rings (SSSR count). The van der Waals surface area contributed by atoms with E-state index in [1.54, 1.807) is 23.1 Å². The summed E-state index contributed by atoms with van der Waals surface area (Å²) in [5.41, 5.74) is 4.52. The largest absolute Gasteiger partial charge is 0.368 e. The molecule has 3 aromatic rings. The second-order valence-electron chi connectivity index (χ2n) is 14.9. The lowest BCUT2D eigenvalue weighted by atomic mass is 9.90. The summed E-state index contributed by atoms with van der Waals surface area (Å²) in [6.45, 7) is 16.0. The number of amides is 3. The van der Waals surface area contributed by atoms with Crippen LogP contribution in [0.5, 0.6) is 0 Å². The molecule has 3 aliphatic rings. The first-order chi connectivity index (χ1) is 23.3. The first kappa shape index (κ1) is 36.0. The molecule has 2 saturated heterocycles. The van der Waals surface area contributed by atoms with Crippen molar-refractivity contribution in [3.8, 4) is 0 Å². The Kier molecular flexibility index (Phi) is 11.1. The lowest BCUT2D eigenvalue weighted by Gasteiger charge is -2.49. The van der Waals surface area contributed by atoms with Crippen LogP contribution in [0.4, 0.5) is 10.1 Å². The minimum absolute atomic E-state index is 0.0252. The van der Waals surface area contributed by atoms with Crippen LogP contribution in [-0.4, -0.2) is 71.4 Å². The molecule has 0 bridgehead atoms. The number of carbonyl (C=O) groups is 3. The Hall–Kier alpha value is -4.31. The summed E-state index contributed by atoms with van der Waals surface area (Å²) in [5, 5.41) is 10.3. The number of allylic oxidation sites excluding steroid dienone is 1. The van der Waals surface area contributed by atoms with Crippen molar-refractivity contribution in [3.63, 3.8) is 0 Å². The number of pyridine rings is 1. The summed E-state index contributed by atoms with van der Waals surface area (Å²) in [5.74, 6) is 0.107. The van der Waals surface area contributed by atoms with Gasteiger partial charge in [0.25, 0.3) is 5.91 Å². The predicted molar refractivity (Wildman–Crippen MR) is 194 cm³/mol. The monoisotopic (exact) mass is 670 g/mol. The number of anilines is 1. The van der Waals surface area contributed by atoms with Crippen molar-refractivity contribution in [1.82, 2.24) is 25.8 Å². The highest BCUT2D eigenvalue weighted by molar-refractivity contribution is 5.94. The number of nitrogens with zero attached hydrogens (tertiary/aromatic N) is 3. The van der Waals surface area contributed by atoms with E-state index in [0.29, 0.717) is 35.6 Å². The van der Waals surface area contributed by atoms with Crippen LogP contribution in [0.2, 0.25) is 0 Å². The number of hydrogen-bond donors (Lipinski definition) is 3. The number of aromatic nitrogens is 1. The van der Waals surface area contributed by atoms with Gasteiger partial charge in [-0.2, -0.15) is 0 Å². The zero-order valence-corrected chi connectivity index (χ0v) is 29.7. The van der Waals surface area contributed by atoms with E-state index in [4.69, 9.17) is 0 Å². The smallest absolute Gasteiger partial charge is 0.269 e. The Morgan fingerprint density at radius 3 is 2.45 bits per heavy atom. The number of hydrogen-bond acceptors (Lipinski definition) is 6. The number of carbonyl (C=O) groups excluding carboxylic acids is 3. The number of rotatable bonds is 9. The van der Waals surface area contributed by atoms with Gasteiger partial charge in [0, 0.05) is 48.3 Å². The van der Waals surface area contributed by atoms with Crippen LogP contribution in [0.25, 0.3) is 17.0 Å². The number of halogens is 1. The van der Waals surface area contributed by atoms with Crippen molar-refractivity contribution in [2.24, 2.45) is 5.92 Å². The van der Waals surface area contributed by atoms with Crippen LogP contribution >= 0.6 is 0 Å². The van der Waals surface area contributed by atoms with Crippen molar-refractivity contribution >= 4 is 40.9 Å². The molecule has 0 radical (unpaired) electrons. The molecule has 3 fully saturated rings. The van der Waals surface area contributed by atoms with Crippen LogP contribution in [0.1, 0.15) is 94.9 Å². The molecule has 10 heteroatoms. The minimum Gasteiger partial charge on any atom is -0.368 e. The van der Waals surface area contributed by atoms with Gasteiger partial charge in [-0.05, 0) is 121 Å². The molecular formula is C39H51FN6O3. The molecule has 1 aromatic heterocycles. The molecule has 1 aliphatic carbocycles. The molecule has 3 amide bonds. The molecule has 3 N–H and O–H groups in total. The minimum atomic E-state index is -0.347. The molecule has 1 saturated carbocycles. The van der Waals surface area contributed by atoms with Gasteiger partial charge in [0.1, 0.15) is 17.6 Å². The number of likely N-dealkylation sites (tertiary alicyclic amines) is 1. The Morgan fingerprint density at radius 1 is 1.04 bits per heavy atom. The van der Waals surface area contributed by atoms with Crippen LogP contribution in [0.15, 0.2) is 54.6 Å². The quantitative estimate of drug-likeness (QED) is 0.241. The van der Waals surface area contributed by atoms with Crippen LogP contribution in [0, 0.1) is 11.7 Å². The second-order valence-corrected chi connectivity index (χ2v) is 14.9. The van der Waals surface area contributed by atoms with E-state index in [0.717, 1.165) is 37.9 Å². The fourth-order valence-corrected chi connectivity index (χ4v) is 7.07. The second kappa shape index (κ2) is 15.1. The van der Waals surface area contributed by atoms with Crippen molar-refractivity contribution in [1.29, 1.82) is 0 Å². The lowest BCUT2D eigenvalue weighted by molar-refractivity contribution is -0.131. The molecule has 3 heterocycles. The summed E-state index contributed by atoms with van der Waals surface area (Å²) in [4.78, 5) is 43.9. The van der Waals surface area contributed by atoms with Crippen molar-refractivity contribution in [2.45, 2.75) is 90.4 Å². The molecule has 1 unspecified atom stereocenters. The number of fused-ring (bicyclic) bond motifs is 1. The van der Waals surface area contributed by atoms with Gasteiger partial charge >= 0.3 is 0 Å². The molecule has 2 aliphatic heterocycles. The zero-order valence-electron chi connectivity index (χ0n) is 29.7. The Bertz CT molecular complexity index is 1690. The van der Waals surface area contributed by atoms with Crippen molar-refractivity contribution < 1.29 is 18.8 Å². The molecule has 49 heavy (non-hydrogen) atoms. The van der Waals surface area contributed by atoms with Gasteiger partial charge < -0.3 is 25.8 Å². The third-order valence-corrected chi connectivity index (χ3v) is 9.23. The molecule has 262 valence electrons. The normalized spacial score (nSPS) is 20.4. The van der Waals surface area contributed by atoms with Gasteiger partial charge in [-0.15, -0.1) is 0 Å². The first-order valence-corrected chi connectivity index (χ1v) is 17.5. The average molecular weight is 671 g/mol. The maximum absolute atomic E-state index is 12.9. The van der Waals surface area contributed by atoms with Gasteiger partial charge in [-0.3, -0.25) is 14.4 Å². The Morgan fingerprint density at radius 2 is 1.78 bits per heavy atom. The standard InChI is InChI=1S/C27H40N4O2.C12H11FN2O/c1-19(28-25(33)24-7-6-14-30(24)18-32)23-13-12-22(15-21(23)11-10-20-8-9-20)31-16-26(2,3)29-27(4,5)17-31;1-2-14-12(16)11-5-3-8-7-9(13)4-6-10(8)15-11/h10-13,15,18-20,24,29H,6-9,14,16-17H2,1-5H3,(H,28,33);3-7H,2H2,1H3,(H,14,16)/b11-10+;/t19-,24?;/m0./s1. The average Bonchev–Trinajstić information content (AvgIpc) is 3.75. The number of benzene rings is 2. The third-order valence-electron chi connectivity index (χ3n) is 9.23. The van der Waals surface area contributed by atoms with E-state index >= 15 is 0 Å². The molecule has 9 nitrogen and oxygen atoms in total. The van der Waals surface area contributed by atoms with Crippen LogP contribution in [-0.2, 0) is 9.59 Å². The molecule has 0 spiro atoms. The zero-order chi connectivity index (χ0) is 35.3. The van der Waals surface area contributed by atoms with E-state index in [1.165, 1.54) is 36.2 Å². The van der Waals surface area contributed by atoms with Gasteiger partial charge in [-0.25, -0.2) is 9.37 Å². The van der Waals surface area contributed by atoms with Gasteiger partial charge in [0.2, 0.25) is 12.3 Å². The SMILES string of the molecule is CCNC(=O)c1ccc2cc(F)ccc2n1.C[C@H](NC(=O)C1CCCN1C=O)c1ccc(N2CC(C)(C)NC(C)(C)C2)cc1/C=C/C1CC1. The first-order valence-electron chi connectivity index (χ1n) is 17.5. The maximum atomic E-state index is 12.9. The van der Waals surface area contributed by atoms with E-state index in [1.807, 2.05) is 13.8 Å². The van der Waals surface area contributed by atoms with Crippen LogP contribution in [0.3, 0.4) is 0 Å². The van der Waals surface area contributed by atoms with E-state index in [2.05, 4.69) is 83.9 Å².